The number of aryl methyl sites for hydroxylation is 1. The van der Waals surface area contributed by atoms with E-state index >= 15 is 0 Å². The van der Waals surface area contributed by atoms with E-state index in [0.29, 0.717) is 10.4 Å². The summed E-state index contributed by atoms with van der Waals surface area (Å²) in [6, 6.07) is 5.76. The number of amides is 2. The lowest BCUT2D eigenvalue weighted by molar-refractivity contribution is -0.137. The zero-order valence-electron chi connectivity index (χ0n) is 19.0. The maximum Gasteiger partial charge on any atom is 0.322 e. The second-order valence-electron chi connectivity index (χ2n) is 9.85. The van der Waals surface area contributed by atoms with Crippen LogP contribution in [0.2, 0.25) is 5.02 Å². The van der Waals surface area contributed by atoms with Gasteiger partial charge in [-0.15, -0.1) is 0 Å². The molecule has 0 saturated carbocycles. The van der Waals surface area contributed by atoms with Crippen molar-refractivity contribution in [2.45, 2.75) is 72.8 Å². The van der Waals surface area contributed by atoms with Crippen LogP contribution < -0.4 is 5.32 Å². The molecule has 1 heterocycles. The number of benzene rings is 1. The molecule has 1 aromatic carbocycles. The largest absolute Gasteiger partial charge is 0.481 e. The summed E-state index contributed by atoms with van der Waals surface area (Å²) in [6.07, 6.45) is 4.84. The van der Waals surface area contributed by atoms with Crippen molar-refractivity contribution in [2.24, 2.45) is 11.3 Å². The highest BCUT2D eigenvalue weighted by Crippen LogP contribution is 2.38. The van der Waals surface area contributed by atoms with Crippen molar-refractivity contribution < 1.29 is 14.7 Å². The van der Waals surface area contributed by atoms with Crippen molar-refractivity contribution in [2.75, 3.05) is 6.54 Å². The summed E-state index contributed by atoms with van der Waals surface area (Å²) < 4.78 is 0. The van der Waals surface area contributed by atoms with Gasteiger partial charge in [-0.3, -0.25) is 4.79 Å². The third-order valence-corrected chi connectivity index (χ3v) is 6.03. The van der Waals surface area contributed by atoms with Crippen LogP contribution in [0.3, 0.4) is 0 Å². The fourth-order valence-electron chi connectivity index (χ4n) is 3.93. The van der Waals surface area contributed by atoms with Crippen molar-refractivity contribution in [3.05, 3.63) is 46.1 Å². The van der Waals surface area contributed by atoms with Crippen LogP contribution in [-0.2, 0) is 16.8 Å². The van der Waals surface area contributed by atoms with Crippen LogP contribution in [0.1, 0.15) is 71.9 Å². The molecule has 0 fully saturated rings. The third-order valence-electron chi connectivity index (χ3n) is 5.68. The zero-order valence-corrected chi connectivity index (χ0v) is 19.8. The average Bonchev–Trinajstić information content (AvgIpc) is 2.60. The highest BCUT2D eigenvalue weighted by molar-refractivity contribution is 6.31. The number of hydrogen-bond donors (Lipinski definition) is 2. The van der Waals surface area contributed by atoms with Gasteiger partial charge in [0.15, 0.2) is 0 Å². The number of nitrogens with one attached hydrogen (secondary N) is 1. The van der Waals surface area contributed by atoms with Gasteiger partial charge in [0.05, 0.1) is 12.0 Å². The fraction of sp³-hybridized carbons (Fsp3) is 0.583. The Morgan fingerprint density at radius 2 is 1.97 bits per heavy atom. The van der Waals surface area contributed by atoms with Gasteiger partial charge in [-0.1, -0.05) is 58.4 Å². The normalized spacial score (nSPS) is 19.7. The smallest absolute Gasteiger partial charge is 0.322 e. The molecular weight excluding hydrogens is 400 g/mol. The van der Waals surface area contributed by atoms with Gasteiger partial charge in [-0.2, -0.15) is 0 Å². The molecule has 0 aromatic heterocycles. The lowest BCUT2D eigenvalue weighted by Gasteiger charge is -2.42. The number of carbonyl (C=O) groups excluding carboxylic acids is 1. The van der Waals surface area contributed by atoms with Crippen molar-refractivity contribution in [1.29, 1.82) is 0 Å². The van der Waals surface area contributed by atoms with E-state index in [0.717, 1.165) is 36.0 Å². The Kier molecular flexibility index (Phi) is 7.62. The van der Waals surface area contributed by atoms with Crippen LogP contribution in [0.25, 0.3) is 0 Å². The second kappa shape index (κ2) is 9.42. The number of rotatable bonds is 8. The molecule has 1 aliphatic heterocycles. The van der Waals surface area contributed by atoms with E-state index in [1.807, 2.05) is 19.1 Å². The van der Waals surface area contributed by atoms with Crippen molar-refractivity contribution in [3.63, 3.8) is 0 Å². The van der Waals surface area contributed by atoms with Gasteiger partial charge in [0.1, 0.15) is 0 Å². The lowest BCUT2D eigenvalue weighted by atomic mass is 9.78. The Hall–Kier alpha value is -2.01. The fourth-order valence-corrected chi connectivity index (χ4v) is 4.21. The number of aliphatic carboxylic acids is 1. The number of nitrogens with zero attached hydrogens (tertiary/aromatic N) is 1. The van der Waals surface area contributed by atoms with Gasteiger partial charge < -0.3 is 15.3 Å². The molecule has 1 aliphatic rings. The number of halogens is 1. The molecule has 0 aliphatic carbocycles. The van der Waals surface area contributed by atoms with E-state index in [1.165, 1.54) is 4.90 Å². The number of carboxylic acid groups (broad SMARTS) is 1. The molecule has 2 N–H and O–H groups in total. The van der Waals surface area contributed by atoms with Crippen LogP contribution in [0.15, 0.2) is 30.0 Å². The van der Waals surface area contributed by atoms with Gasteiger partial charge in [0, 0.05) is 17.8 Å². The molecule has 0 radical (unpaired) electrons. The minimum Gasteiger partial charge on any atom is -0.481 e. The van der Waals surface area contributed by atoms with E-state index in [9.17, 15) is 9.59 Å². The Bertz CT molecular complexity index is 826. The van der Waals surface area contributed by atoms with E-state index in [2.05, 4.69) is 46.0 Å². The molecule has 5 nitrogen and oxygen atoms in total. The van der Waals surface area contributed by atoms with Crippen molar-refractivity contribution in [1.82, 2.24) is 10.2 Å². The van der Waals surface area contributed by atoms with Crippen LogP contribution in [0, 0.1) is 11.3 Å². The summed E-state index contributed by atoms with van der Waals surface area (Å²) in [5.74, 6) is -0.766. The van der Waals surface area contributed by atoms with Crippen LogP contribution >= 0.6 is 11.6 Å². The number of hydrogen-bond acceptors (Lipinski definition) is 2. The van der Waals surface area contributed by atoms with E-state index in [4.69, 9.17) is 16.7 Å². The summed E-state index contributed by atoms with van der Waals surface area (Å²) in [5, 5.41) is 12.8. The average molecular weight is 435 g/mol. The Balaban J connectivity index is 2.29. The molecule has 30 heavy (non-hydrogen) atoms. The molecule has 0 bridgehead atoms. The number of urea groups is 1. The zero-order chi connectivity index (χ0) is 22.7. The predicted molar refractivity (Wildman–Crippen MR) is 122 cm³/mol. The quantitative estimate of drug-likeness (QED) is 0.530. The summed E-state index contributed by atoms with van der Waals surface area (Å²) >= 11 is 6.63. The Morgan fingerprint density at radius 1 is 1.30 bits per heavy atom. The molecule has 2 amide bonds. The van der Waals surface area contributed by atoms with E-state index < -0.39 is 11.5 Å². The first-order valence-electron chi connectivity index (χ1n) is 10.6. The van der Waals surface area contributed by atoms with Gasteiger partial charge in [0.2, 0.25) is 0 Å². The maximum absolute atomic E-state index is 12.7. The summed E-state index contributed by atoms with van der Waals surface area (Å²) in [7, 11) is 0. The molecular formula is C24H35ClN2O3. The summed E-state index contributed by atoms with van der Waals surface area (Å²) in [6.45, 7) is 13.0. The number of carboxylic acids is 1. The first-order chi connectivity index (χ1) is 13.8. The van der Waals surface area contributed by atoms with Gasteiger partial charge in [-0.25, -0.2) is 4.79 Å². The van der Waals surface area contributed by atoms with Gasteiger partial charge in [0.25, 0.3) is 0 Å². The van der Waals surface area contributed by atoms with Crippen LogP contribution in [0.4, 0.5) is 4.79 Å². The first kappa shape index (κ1) is 24.3. The molecule has 166 valence electrons. The monoisotopic (exact) mass is 434 g/mol. The molecule has 0 spiro atoms. The maximum atomic E-state index is 12.7. The molecule has 0 unspecified atom stereocenters. The van der Waals surface area contributed by atoms with Gasteiger partial charge in [-0.05, 0) is 60.3 Å². The number of carbonyl (C=O) groups is 2. The van der Waals surface area contributed by atoms with Crippen molar-refractivity contribution >= 4 is 23.6 Å². The second-order valence-corrected chi connectivity index (χ2v) is 10.3. The Labute approximate surface area is 185 Å². The predicted octanol–water partition coefficient (Wildman–Crippen LogP) is 5.96. The molecule has 2 rings (SSSR count). The minimum atomic E-state index is -0.926. The standard InChI is InChI=1S/C24H35ClN2O3/c1-16(2)19-15-27(13-11-21(28)29)22(30)26-24(19,6)18-10-9-17(20(25)14-18)8-7-12-23(3,4)5/h9-10,14-16H,7-8,11-13H2,1-6H3,(H,26,30)(H,28,29)/t24-/m0/s1. The summed E-state index contributed by atoms with van der Waals surface area (Å²) in [4.78, 5) is 25.1. The van der Waals surface area contributed by atoms with E-state index in [-0.39, 0.29) is 24.9 Å². The topological polar surface area (TPSA) is 69.6 Å². The molecule has 6 heteroatoms. The molecule has 1 atom stereocenters. The highest BCUT2D eigenvalue weighted by Gasteiger charge is 2.39. The van der Waals surface area contributed by atoms with Crippen molar-refractivity contribution in [3.8, 4) is 0 Å². The van der Waals surface area contributed by atoms with Crippen LogP contribution in [-0.4, -0.2) is 28.6 Å². The van der Waals surface area contributed by atoms with E-state index in [1.54, 1.807) is 6.20 Å². The van der Waals surface area contributed by atoms with Gasteiger partial charge >= 0.3 is 12.0 Å². The summed E-state index contributed by atoms with van der Waals surface area (Å²) in [5.41, 5.74) is 2.67. The first-order valence-corrected chi connectivity index (χ1v) is 11.0. The Morgan fingerprint density at radius 3 is 2.50 bits per heavy atom. The molecule has 1 aromatic rings. The van der Waals surface area contributed by atoms with Crippen LogP contribution in [0.5, 0.6) is 0 Å². The molecule has 0 saturated heterocycles. The third kappa shape index (κ3) is 6.00. The minimum absolute atomic E-state index is 0.0961. The SMILES string of the molecule is CC(C)C1=CN(CCC(=O)O)C(=O)N[C@@]1(C)c1ccc(CCCC(C)(C)C)c(Cl)c1. The highest BCUT2D eigenvalue weighted by atomic mass is 35.5. The lowest BCUT2D eigenvalue weighted by Crippen LogP contribution is -2.55.